The second-order valence-electron chi connectivity index (χ2n) is 5.21. The summed E-state index contributed by atoms with van der Waals surface area (Å²) in [6.07, 6.45) is 3.36. The smallest absolute Gasteiger partial charge is 0.317 e. The number of rotatable bonds is 2. The number of carbonyl (C=O) groups is 1. The summed E-state index contributed by atoms with van der Waals surface area (Å²) in [5.41, 5.74) is 1.33. The summed E-state index contributed by atoms with van der Waals surface area (Å²) >= 11 is 3.50. The highest BCUT2D eigenvalue weighted by Gasteiger charge is 2.30. The summed E-state index contributed by atoms with van der Waals surface area (Å²) in [5.74, 6) is 0.479. The van der Waals surface area contributed by atoms with Gasteiger partial charge in [-0.1, -0.05) is 28.1 Å². The van der Waals surface area contributed by atoms with E-state index in [-0.39, 0.29) is 6.03 Å². The number of nitrogens with zero attached hydrogens (tertiary/aromatic N) is 1. The largest absolute Gasteiger partial charge is 0.335 e. The maximum Gasteiger partial charge on any atom is 0.317 e. The van der Waals surface area contributed by atoms with Gasteiger partial charge in [-0.3, -0.25) is 0 Å². The van der Waals surface area contributed by atoms with Gasteiger partial charge in [0, 0.05) is 29.5 Å². The third-order valence-corrected chi connectivity index (χ3v) is 4.19. The molecule has 1 heterocycles. The van der Waals surface area contributed by atoms with Crippen LogP contribution in [0.15, 0.2) is 28.7 Å². The van der Waals surface area contributed by atoms with Crippen molar-refractivity contribution in [3.63, 3.8) is 0 Å². The molecule has 1 aliphatic carbocycles. The lowest BCUT2D eigenvalue weighted by molar-refractivity contribution is 0.208. The van der Waals surface area contributed by atoms with Crippen molar-refractivity contribution in [3.05, 3.63) is 34.3 Å². The molecule has 1 aliphatic heterocycles. The first-order valence-electron chi connectivity index (χ1n) is 6.53. The number of hydrogen-bond donors (Lipinski definition) is 1. The van der Waals surface area contributed by atoms with Crippen molar-refractivity contribution in [1.82, 2.24) is 10.2 Å². The molecule has 1 aromatic carbocycles. The monoisotopic (exact) mass is 308 g/mol. The Hall–Kier alpha value is -1.03. The average molecular weight is 309 g/mol. The fourth-order valence-corrected chi connectivity index (χ4v) is 2.89. The summed E-state index contributed by atoms with van der Waals surface area (Å²) < 4.78 is 1.11. The molecule has 3 rings (SSSR count). The molecule has 0 spiro atoms. The Kier molecular flexibility index (Phi) is 3.29. The lowest BCUT2D eigenvalue weighted by Crippen LogP contribution is -2.39. The Balaban J connectivity index is 1.62. The number of nitrogens with one attached hydrogen (secondary N) is 1. The summed E-state index contributed by atoms with van der Waals surface area (Å²) in [7, 11) is 0. The number of benzene rings is 1. The van der Waals surface area contributed by atoms with Gasteiger partial charge in [0.1, 0.15) is 0 Å². The number of hydrogen-bond acceptors (Lipinski definition) is 1. The van der Waals surface area contributed by atoms with Gasteiger partial charge >= 0.3 is 6.03 Å². The molecule has 1 aromatic rings. The van der Waals surface area contributed by atoms with E-state index in [1.807, 2.05) is 11.0 Å². The van der Waals surface area contributed by atoms with E-state index in [9.17, 15) is 4.79 Å². The third-order valence-electron chi connectivity index (χ3n) is 3.70. The first-order valence-corrected chi connectivity index (χ1v) is 7.32. The van der Waals surface area contributed by atoms with Crippen molar-refractivity contribution < 1.29 is 4.79 Å². The average Bonchev–Trinajstić information content (AvgIpc) is 3.03. The predicted molar refractivity (Wildman–Crippen MR) is 74.6 cm³/mol. The van der Waals surface area contributed by atoms with Crippen molar-refractivity contribution in [2.45, 2.75) is 31.2 Å². The van der Waals surface area contributed by atoms with Crippen LogP contribution in [0, 0.1) is 0 Å². The number of urea groups is 1. The first kappa shape index (κ1) is 12.0. The van der Waals surface area contributed by atoms with Crippen molar-refractivity contribution in [1.29, 1.82) is 0 Å². The highest BCUT2D eigenvalue weighted by atomic mass is 79.9. The summed E-state index contributed by atoms with van der Waals surface area (Å²) in [6.45, 7) is 1.71. The SMILES string of the molecule is O=C(NC1CC1)N1CCC(c2cccc(Br)c2)C1. The maximum atomic E-state index is 11.9. The van der Waals surface area contributed by atoms with Crippen LogP contribution < -0.4 is 5.32 Å². The number of carbonyl (C=O) groups excluding carboxylic acids is 1. The van der Waals surface area contributed by atoms with E-state index >= 15 is 0 Å². The van der Waals surface area contributed by atoms with Gasteiger partial charge in [0.25, 0.3) is 0 Å². The Morgan fingerprint density at radius 3 is 2.89 bits per heavy atom. The fraction of sp³-hybridized carbons (Fsp3) is 0.500. The molecule has 3 nitrogen and oxygen atoms in total. The van der Waals surface area contributed by atoms with E-state index < -0.39 is 0 Å². The Labute approximate surface area is 116 Å². The van der Waals surface area contributed by atoms with Gasteiger partial charge in [-0.25, -0.2) is 4.79 Å². The normalized spacial score (nSPS) is 23.2. The van der Waals surface area contributed by atoms with E-state index in [1.165, 1.54) is 5.56 Å². The van der Waals surface area contributed by atoms with Crippen LogP contribution in [0.4, 0.5) is 4.79 Å². The molecular formula is C14H17BrN2O. The predicted octanol–water partition coefficient (Wildman–Crippen LogP) is 3.11. The van der Waals surface area contributed by atoms with E-state index in [1.54, 1.807) is 0 Å². The van der Waals surface area contributed by atoms with Crippen LogP contribution in [0.3, 0.4) is 0 Å². The molecule has 2 fully saturated rings. The molecule has 0 bridgehead atoms. The van der Waals surface area contributed by atoms with Crippen LogP contribution in [0.1, 0.15) is 30.7 Å². The van der Waals surface area contributed by atoms with Gasteiger partial charge in [0.2, 0.25) is 0 Å². The molecular weight excluding hydrogens is 292 g/mol. The zero-order valence-electron chi connectivity index (χ0n) is 10.2. The molecule has 18 heavy (non-hydrogen) atoms. The Morgan fingerprint density at radius 2 is 2.17 bits per heavy atom. The van der Waals surface area contributed by atoms with Gasteiger partial charge in [0.15, 0.2) is 0 Å². The molecule has 1 unspecified atom stereocenters. The minimum absolute atomic E-state index is 0.120. The Bertz CT molecular complexity index is 459. The summed E-state index contributed by atoms with van der Waals surface area (Å²) in [4.78, 5) is 13.9. The van der Waals surface area contributed by atoms with Crippen LogP contribution in [0.25, 0.3) is 0 Å². The molecule has 4 heteroatoms. The number of halogens is 1. The second-order valence-corrected chi connectivity index (χ2v) is 6.13. The van der Waals surface area contributed by atoms with Crippen LogP contribution in [0.2, 0.25) is 0 Å². The molecule has 96 valence electrons. The van der Waals surface area contributed by atoms with Gasteiger partial charge in [-0.2, -0.15) is 0 Å². The molecule has 0 radical (unpaired) electrons. The second kappa shape index (κ2) is 4.92. The third kappa shape index (κ3) is 2.69. The number of amides is 2. The van der Waals surface area contributed by atoms with Crippen LogP contribution in [-0.2, 0) is 0 Å². The molecule has 2 amide bonds. The maximum absolute atomic E-state index is 11.9. The molecule has 1 atom stereocenters. The van der Waals surface area contributed by atoms with Gasteiger partial charge in [0.05, 0.1) is 0 Å². The quantitative estimate of drug-likeness (QED) is 0.894. The van der Waals surface area contributed by atoms with Gasteiger partial charge < -0.3 is 10.2 Å². The van der Waals surface area contributed by atoms with Crippen molar-refractivity contribution in [2.24, 2.45) is 0 Å². The highest BCUT2D eigenvalue weighted by Crippen LogP contribution is 2.29. The molecule has 1 saturated carbocycles. The molecule has 2 aliphatic rings. The lowest BCUT2D eigenvalue weighted by atomic mass is 9.99. The van der Waals surface area contributed by atoms with E-state index in [4.69, 9.17) is 0 Å². The summed E-state index contributed by atoms with van der Waals surface area (Å²) in [6, 6.07) is 8.98. The van der Waals surface area contributed by atoms with E-state index in [0.29, 0.717) is 12.0 Å². The molecule has 1 N–H and O–H groups in total. The first-order chi connectivity index (χ1) is 8.72. The Morgan fingerprint density at radius 1 is 1.33 bits per heavy atom. The van der Waals surface area contributed by atoms with Crippen LogP contribution in [0.5, 0.6) is 0 Å². The van der Waals surface area contributed by atoms with Crippen LogP contribution in [-0.4, -0.2) is 30.1 Å². The fourth-order valence-electron chi connectivity index (χ4n) is 2.47. The highest BCUT2D eigenvalue weighted by molar-refractivity contribution is 9.10. The molecule has 1 saturated heterocycles. The standard InChI is InChI=1S/C14H17BrN2O/c15-12-3-1-2-10(8-12)11-6-7-17(9-11)14(18)16-13-4-5-13/h1-3,8,11,13H,4-7,9H2,(H,16,18). The minimum Gasteiger partial charge on any atom is -0.335 e. The lowest BCUT2D eigenvalue weighted by Gasteiger charge is -2.17. The van der Waals surface area contributed by atoms with Crippen LogP contribution >= 0.6 is 15.9 Å². The zero-order valence-corrected chi connectivity index (χ0v) is 11.8. The topological polar surface area (TPSA) is 32.3 Å². The minimum atomic E-state index is 0.120. The summed E-state index contributed by atoms with van der Waals surface area (Å²) in [5, 5.41) is 3.06. The van der Waals surface area contributed by atoms with Gasteiger partial charge in [-0.15, -0.1) is 0 Å². The van der Waals surface area contributed by atoms with E-state index in [2.05, 4.69) is 39.4 Å². The number of likely N-dealkylation sites (tertiary alicyclic amines) is 1. The van der Waals surface area contributed by atoms with Crippen molar-refractivity contribution >= 4 is 22.0 Å². The van der Waals surface area contributed by atoms with Crippen molar-refractivity contribution in [2.75, 3.05) is 13.1 Å². The van der Waals surface area contributed by atoms with Gasteiger partial charge in [-0.05, 0) is 37.0 Å². The van der Waals surface area contributed by atoms with E-state index in [0.717, 1.165) is 36.8 Å². The zero-order chi connectivity index (χ0) is 12.5. The molecule has 0 aromatic heterocycles. The van der Waals surface area contributed by atoms with Crippen molar-refractivity contribution in [3.8, 4) is 0 Å².